The summed E-state index contributed by atoms with van der Waals surface area (Å²) in [4.78, 5) is 46.5. The van der Waals surface area contributed by atoms with Crippen LogP contribution in [0, 0.1) is 5.41 Å². The van der Waals surface area contributed by atoms with E-state index in [0.29, 0.717) is 37.2 Å². The predicted molar refractivity (Wildman–Crippen MR) is 148 cm³/mol. The number of imidazole rings is 1. The molecule has 3 aromatic rings. The first-order valence-corrected chi connectivity index (χ1v) is 15.9. The first kappa shape index (κ1) is 27.8. The van der Waals surface area contributed by atoms with Crippen LogP contribution in [-0.4, -0.2) is 47.1 Å². The molecule has 39 heavy (non-hydrogen) atoms. The molecule has 2 N–H and O–H groups in total. The Hall–Kier alpha value is -2.77. The van der Waals surface area contributed by atoms with Gasteiger partial charge in [-0.15, -0.1) is 11.3 Å². The van der Waals surface area contributed by atoms with E-state index in [1.807, 2.05) is 13.8 Å². The predicted octanol–water partition coefficient (Wildman–Crippen LogP) is 3.12. The lowest BCUT2D eigenvalue weighted by atomic mass is 9.53. The highest BCUT2D eigenvalue weighted by Gasteiger charge is 2.51. The molecule has 3 aliphatic rings. The van der Waals surface area contributed by atoms with Crippen molar-refractivity contribution in [3.8, 4) is 0 Å². The highest BCUT2D eigenvalue weighted by atomic mass is 32.2. The summed E-state index contributed by atoms with van der Waals surface area (Å²) in [6.45, 7) is 5.07. The Morgan fingerprint density at radius 1 is 1.10 bits per heavy atom. The van der Waals surface area contributed by atoms with Gasteiger partial charge in [-0.1, -0.05) is 13.8 Å². The Labute approximate surface area is 230 Å². The second-order valence-electron chi connectivity index (χ2n) is 10.9. The topological polar surface area (TPSA) is 145 Å². The molecule has 0 aliphatic heterocycles. The fourth-order valence-corrected chi connectivity index (χ4v) is 8.71. The Bertz CT molecular complexity index is 1610. The van der Waals surface area contributed by atoms with Gasteiger partial charge in [0.15, 0.2) is 5.65 Å². The summed E-state index contributed by atoms with van der Waals surface area (Å²) in [7, 11) is -2.65. The molecule has 13 heteroatoms. The smallest absolute Gasteiger partial charge is 0.349 e. The third-order valence-electron chi connectivity index (χ3n) is 8.59. The van der Waals surface area contributed by atoms with Crippen molar-refractivity contribution in [2.75, 3.05) is 13.7 Å². The largest absolute Gasteiger partial charge is 0.465 e. The van der Waals surface area contributed by atoms with Crippen molar-refractivity contribution < 1.29 is 17.9 Å². The number of nitrogens with zero attached hydrogens (tertiary/aromatic N) is 3. The minimum Gasteiger partial charge on any atom is -0.465 e. The Kier molecular flexibility index (Phi) is 7.36. The Morgan fingerprint density at radius 2 is 1.74 bits per heavy atom. The molecule has 3 aliphatic carbocycles. The zero-order valence-corrected chi connectivity index (χ0v) is 24.2. The van der Waals surface area contributed by atoms with Crippen LogP contribution in [0.25, 0.3) is 11.2 Å². The van der Waals surface area contributed by atoms with E-state index >= 15 is 0 Å². The highest BCUT2D eigenvalue weighted by Crippen LogP contribution is 2.57. The van der Waals surface area contributed by atoms with Crippen molar-refractivity contribution >= 4 is 38.5 Å². The first-order chi connectivity index (χ1) is 18.6. The molecule has 0 spiro atoms. The summed E-state index contributed by atoms with van der Waals surface area (Å²) in [6.07, 6.45) is 6.27. The second-order valence-corrected chi connectivity index (χ2v) is 13.5. The number of rotatable bonds is 10. The molecule has 0 unspecified atom stereocenters. The van der Waals surface area contributed by atoms with Crippen molar-refractivity contribution in [2.24, 2.45) is 5.41 Å². The highest BCUT2D eigenvalue weighted by molar-refractivity contribution is 7.89. The maximum absolute atomic E-state index is 13.2. The van der Waals surface area contributed by atoms with E-state index < -0.39 is 16.0 Å². The molecule has 6 rings (SSSR count). The lowest BCUT2D eigenvalue weighted by molar-refractivity contribution is 0.0402. The summed E-state index contributed by atoms with van der Waals surface area (Å²) in [5, 5.41) is 1.57. The minimum absolute atomic E-state index is 0.0501. The number of aromatic nitrogens is 4. The fourth-order valence-electron chi connectivity index (χ4n) is 6.22. The van der Waals surface area contributed by atoms with Crippen LogP contribution >= 0.6 is 11.3 Å². The van der Waals surface area contributed by atoms with Crippen molar-refractivity contribution in [3.05, 3.63) is 43.0 Å². The van der Waals surface area contributed by atoms with Gasteiger partial charge in [0.2, 0.25) is 10.0 Å². The fraction of sp³-hybridized carbons (Fsp3) is 0.615. The number of carbonyl (C=O) groups is 1. The Balaban J connectivity index is 1.38. The van der Waals surface area contributed by atoms with E-state index in [1.54, 1.807) is 9.95 Å². The number of thiophene rings is 1. The van der Waals surface area contributed by atoms with Gasteiger partial charge in [-0.25, -0.2) is 27.7 Å². The number of aryl methyl sites for hydroxylation is 1. The van der Waals surface area contributed by atoms with Gasteiger partial charge in [0, 0.05) is 25.0 Å². The number of sulfonamides is 1. The van der Waals surface area contributed by atoms with Gasteiger partial charge in [0.25, 0.3) is 5.56 Å². The normalized spacial score (nSPS) is 22.9. The second kappa shape index (κ2) is 10.3. The van der Waals surface area contributed by atoms with E-state index in [4.69, 9.17) is 9.72 Å². The first-order valence-electron chi connectivity index (χ1n) is 13.5. The quantitative estimate of drug-likeness (QED) is 0.352. The van der Waals surface area contributed by atoms with Crippen molar-refractivity contribution in [1.29, 1.82) is 0 Å². The van der Waals surface area contributed by atoms with Crippen LogP contribution in [0.1, 0.15) is 80.7 Å². The number of fused-ring (bicyclic) bond motifs is 4. The molecule has 3 fully saturated rings. The number of hydrogen-bond donors (Lipinski definition) is 2. The third kappa shape index (κ3) is 4.67. The van der Waals surface area contributed by atoms with Crippen LogP contribution < -0.4 is 16.0 Å². The monoisotopic (exact) mass is 577 g/mol. The van der Waals surface area contributed by atoms with Gasteiger partial charge in [-0.2, -0.15) is 0 Å². The van der Waals surface area contributed by atoms with Gasteiger partial charge in [-0.3, -0.25) is 13.9 Å². The van der Waals surface area contributed by atoms with E-state index in [2.05, 4.69) is 9.71 Å². The average Bonchev–Trinajstić information content (AvgIpc) is 3.62. The number of hydrogen-bond acceptors (Lipinski definition) is 8. The summed E-state index contributed by atoms with van der Waals surface area (Å²) >= 11 is 1.04. The van der Waals surface area contributed by atoms with Crippen LogP contribution in [0.3, 0.4) is 0 Å². The molecule has 212 valence electrons. The molecule has 0 aromatic carbocycles. The van der Waals surface area contributed by atoms with E-state index in [9.17, 15) is 22.8 Å². The lowest BCUT2D eigenvalue weighted by Crippen LogP contribution is -2.49. The zero-order chi connectivity index (χ0) is 28.0. The minimum atomic E-state index is -3.87. The number of ether oxygens (including phenoxy) is 1. The number of aromatic amines is 1. The maximum atomic E-state index is 13.2. The van der Waals surface area contributed by atoms with Gasteiger partial charge in [0.1, 0.15) is 21.1 Å². The van der Waals surface area contributed by atoms with E-state index in [1.165, 1.54) is 17.7 Å². The molecular formula is C26H35N5O6S2. The number of nitrogens with one attached hydrogen (secondary N) is 2. The third-order valence-corrected chi connectivity index (χ3v) is 11.1. The van der Waals surface area contributed by atoms with Crippen LogP contribution in [-0.2, 0) is 33.3 Å². The molecular weight excluding hydrogens is 542 g/mol. The average molecular weight is 578 g/mol. The standard InChI is InChI=1S/C26H35N5O6S2/c1-4-13-30-20-18(21(32)31(14-5-2)24(30)34)28-23(29-20)26-10-7-25(8-11-26,9-12-26)16-27-39(35,36)17-6-15-38-19(17)22(33)37-3/h6,15,27H,4-5,7-14,16H2,1-3H3,(H,28,29). The van der Waals surface area contributed by atoms with Crippen LogP contribution in [0.15, 0.2) is 25.9 Å². The maximum Gasteiger partial charge on any atom is 0.349 e. The Morgan fingerprint density at radius 3 is 2.36 bits per heavy atom. The van der Waals surface area contributed by atoms with Crippen LogP contribution in [0.2, 0.25) is 0 Å². The van der Waals surface area contributed by atoms with Crippen molar-refractivity contribution in [2.45, 2.75) is 88.6 Å². The van der Waals surface area contributed by atoms with E-state index in [-0.39, 0.29) is 31.9 Å². The van der Waals surface area contributed by atoms with E-state index in [0.717, 1.165) is 62.1 Å². The number of carbonyl (C=O) groups excluding carboxylic acids is 1. The molecule has 3 saturated carbocycles. The molecule has 0 radical (unpaired) electrons. The summed E-state index contributed by atoms with van der Waals surface area (Å²) < 4.78 is 36.5. The molecule has 3 aromatic heterocycles. The summed E-state index contributed by atoms with van der Waals surface area (Å²) in [6, 6.07) is 1.43. The lowest BCUT2D eigenvalue weighted by Gasteiger charge is -2.52. The van der Waals surface area contributed by atoms with Crippen molar-refractivity contribution in [3.63, 3.8) is 0 Å². The number of H-pyrrole nitrogens is 1. The van der Waals surface area contributed by atoms with Crippen molar-refractivity contribution in [1.82, 2.24) is 23.8 Å². The zero-order valence-electron chi connectivity index (χ0n) is 22.5. The number of esters is 1. The summed E-state index contributed by atoms with van der Waals surface area (Å²) in [5.74, 6) is 0.0864. The van der Waals surface area contributed by atoms with Crippen LogP contribution in [0.4, 0.5) is 0 Å². The molecule has 11 nitrogen and oxygen atoms in total. The van der Waals surface area contributed by atoms with Gasteiger partial charge in [-0.05, 0) is 68.2 Å². The number of methoxy groups -OCH3 is 1. The molecule has 0 atom stereocenters. The van der Waals surface area contributed by atoms with Gasteiger partial charge < -0.3 is 9.72 Å². The SMILES string of the molecule is CCCn1c(=O)c2[nH]c(C34CCC(CNS(=O)(=O)c5ccsc5C(=O)OC)(CC3)CC4)nc2n(CCC)c1=O. The molecule has 3 heterocycles. The molecule has 0 saturated heterocycles. The van der Waals surface area contributed by atoms with Crippen LogP contribution in [0.5, 0.6) is 0 Å². The molecule has 0 amide bonds. The van der Waals surface area contributed by atoms with Gasteiger partial charge >= 0.3 is 11.7 Å². The van der Waals surface area contributed by atoms with Gasteiger partial charge in [0.05, 0.1) is 7.11 Å². The molecule has 2 bridgehead atoms. The summed E-state index contributed by atoms with van der Waals surface area (Å²) in [5.41, 5.74) is -0.245.